The molecule has 1 atom stereocenters. The van der Waals surface area contributed by atoms with Gasteiger partial charge in [-0.2, -0.15) is 0 Å². The Kier molecular flexibility index (Phi) is 5.28. The average Bonchev–Trinajstić information content (AvgIpc) is 2.54. The van der Waals surface area contributed by atoms with Crippen LogP contribution in [-0.2, 0) is 4.74 Å². The molecule has 2 rings (SSSR count). The molecule has 0 radical (unpaired) electrons. The van der Waals surface area contributed by atoms with E-state index < -0.39 is 0 Å². The smallest absolute Gasteiger partial charge is 0.160 e. The minimum Gasteiger partial charge on any atom is -0.373 e. The Hall–Kier alpha value is -1.94. The van der Waals surface area contributed by atoms with Gasteiger partial charge in [0.1, 0.15) is 11.9 Å². The normalized spacial score (nSPS) is 12.2. The molecule has 4 heteroatoms. The number of aromatic nitrogens is 2. The first-order valence-electron chi connectivity index (χ1n) is 7.44. The molecular weight excluding hydrogens is 262 g/mol. The standard InChI is InChI=1S/C17H23N3O/c1-5-14(21-6-2)17-19-15(12(3)16(18-4)20-17)13-10-8-7-9-11-13/h7-11,14H,5-6H2,1-4H3,(H,18,19,20). The Morgan fingerprint density at radius 3 is 2.43 bits per heavy atom. The third-order valence-electron chi connectivity index (χ3n) is 3.47. The Bertz CT molecular complexity index is 584. The second-order valence-electron chi connectivity index (χ2n) is 4.87. The number of hydrogen-bond donors (Lipinski definition) is 1. The molecule has 0 saturated carbocycles. The van der Waals surface area contributed by atoms with E-state index >= 15 is 0 Å². The first-order valence-corrected chi connectivity index (χ1v) is 7.44. The van der Waals surface area contributed by atoms with Crippen molar-refractivity contribution in [2.45, 2.75) is 33.3 Å². The summed E-state index contributed by atoms with van der Waals surface area (Å²) in [6.07, 6.45) is 0.791. The van der Waals surface area contributed by atoms with Crippen LogP contribution in [0.15, 0.2) is 30.3 Å². The van der Waals surface area contributed by atoms with Crippen LogP contribution >= 0.6 is 0 Å². The van der Waals surface area contributed by atoms with E-state index in [1.54, 1.807) is 0 Å². The zero-order chi connectivity index (χ0) is 15.2. The fourth-order valence-corrected chi connectivity index (χ4v) is 2.37. The lowest BCUT2D eigenvalue weighted by molar-refractivity contribution is 0.0536. The van der Waals surface area contributed by atoms with Crippen molar-refractivity contribution in [1.29, 1.82) is 0 Å². The van der Waals surface area contributed by atoms with E-state index in [1.165, 1.54) is 0 Å². The third-order valence-corrected chi connectivity index (χ3v) is 3.47. The summed E-state index contributed by atoms with van der Waals surface area (Å²) < 4.78 is 5.75. The molecule has 0 saturated heterocycles. The van der Waals surface area contributed by atoms with Crippen molar-refractivity contribution < 1.29 is 4.74 Å². The van der Waals surface area contributed by atoms with Gasteiger partial charge in [0, 0.05) is 24.8 Å². The van der Waals surface area contributed by atoms with E-state index in [0.717, 1.165) is 34.9 Å². The second kappa shape index (κ2) is 7.18. The lowest BCUT2D eigenvalue weighted by Gasteiger charge is -2.18. The molecule has 1 aromatic carbocycles. The van der Waals surface area contributed by atoms with E-state index in [4.69, 9.17) is 9.72 Å². The van der Waals surface area contributed by atoms with Gasteiger partial charge in [0.2, 0.25) is 0 Å². The van der Waals surface area contributed by atoms with Crippen LogP contribution in [0.3, 0.4) is 0 Å². The van der Waals surface area contributed by atoms with Gasteiger partial charge in [-0.1, -0.05) is 37.3 Å². The molecule has 1 heterocycles. The molecule has 0 spiro atoms. The number of hydrogen-bond acceptors (Lipinski definition) is 4. The average molecular weight is 285 g/mol. The van der Waals surface area contributed by atoms with Crippen LogP contribution in [0.25, 0.3) is 11.3 Å². The predicted molar refractivity (Wildman–Crippen MR) is 86.4 cm³/mol. The molecule has 0 aliphatic heterocycles. The molecule has 112 valence electrons. The zero-order valence-corrected chi connectivity index (χ0v) is 13.2. The molecular formula is C17H23N3O. The summed E-state index contributed by atoms with van der Waals surface area (Å²) in [5.41, 5.74) is 3.11. The Labute approximate surface area is 126 Å². The summed E-state index contributed by atoms with van der Waals surface area (Å²) in [4.78, 5) is 9.38. The highest BCUT2D eigenvalue weighted by Crippen LogP contribution is 2.28. The van der Waals surface area contributed by atoms with Crippen molar-refractivity contribution in [1.82, 2.24) is 9.97 Å². The maximum Gasteiger partial charge on any atom is 0.160 e. The van der Waals surface area contributed by atoms with Gasteiger partial charge in [0.15, 0.2) is 5.82 Å². The zero-order valence-electron chi connectivity index (χ0n) is 13.2. The fraction of sp³-hybridized carbons (Fsp3) is 0.412. The van der Waals surface area contributed by atoms with Gasteiger partial charge in [-0.15, -0.1) is 0 Å². The quantitative estimate of drug-likeness (QED) is 0.872. The lowest BCUT2D eigenvalue weighted by Crippen LogP contribution is -2.11. The number of anilines is 1. The number of ether oxygens (including phenoxy) is 1. The van der Waals surface area contributed by atoms with E-state index in [-0.39, 0.29) is 6.10 Å². The molecule has 0 bridgehead atoms. The summed E-state index contributed by atoms with van der Waals surface area (Å²) in [6, 6.07) is 10.2. The SMILES string of the molecule is CCOC(CC)c1nc(NC)c(C)c(-c2ccccc2)n1. The molecule has 4 nitrogen and oxygen atoms in total. The summed E-state index contributed by atoms with van der Waals surface area (Å²) in [5, 5.41) is 3.16. The second-order valence-corrected chi connectivity index (χ2v) is 4.87. The molecule has 1 unspecified atom stereocenters. The van der Waals surface area contributed by atoms with Crippen molar-refractivity contribution in [3.63, 3.8) is 0 Å². The van der Waals surface area contributed by atoms with Crippen LogP contribution in [0.1, 0.15) is 37.8 Å². The van der Waals surface area contributed by atoms with Crippen LogP contribution < -0.4 is 5.32 Å². The molecule has 0 aliphatic rings. The maximum absolute atomic E-state index is 5.75. The Balaban J connectivity index is 2.54. The maximum atomic E-state index is 5.75. The first-order chi connectivity index (χ1) is 10.2. The number of rotatable bonds is 6. The topological polar surface area (TPSA) is 47.0 Å². The number of nitrogens with one attached hydrogen (secondary N) is 1. The van der Waals surface area contributed by atoms with E-state index in [2.05, 4.69) is 29.4 Å². The summed E-state index contributed by atoms with van der Waals surface area (Å²) in [6.45, 7) is 6.78. The Morgan fingerprint density at radius 1 is 1.14 bits per heavy atom. The van der Waals surface area contributed by atoms with Crippen LogP contribution in [-0.4, -0.2) is 23.6 Å². The molecule has 21 heavy (non-hydrogen) atoms. The molecule has 0 amide bonds. The molecule has 1 N–H and O–H groups in total. The predicted octanol–water partition coefficient (Wildman–Crippen LogP) is 3.98. The van der Waals surface area contributed by atoms with E-state index in [9.17, 15) is 0 Å². The number of nitrogens with zero attached hydrogens (tertiary/aromatic N) is 2. The molecule has 2 aromatic rings. The Morgan fingerprint density at radius 2 is 1.86 bits per heavy atom. The summed E-state index contributed by atoms with van der Waals surface area (Å²) >= 11 is 0. The van der Waals surface area contributed by atoms with Crippen LogP contribution in [0.5, 0.6) is 0 Å². The van der Waals surface area contributed by atoms with E-state index in [0.29, 0.717) is 6.61 Å². The van der Waals surface area contributed by atoms with Crippen molar-refractivity contribution in [3.05, 3.63) is 41.7 Å². The van der Waals surface area contributed by atoms with Gasteiger partial charge in [-0.25, -0.2) is 9.97 Å². The van der Waals surface area contributed by atoms with Gasteiger partial charge in [-0.3, -0.25) is 0 Å². The van der Waals surface area contributed by atoms with Crippen molar-refractivity contribution in [2.24, 2.45) is 0 Å². The largest absolute Gasteiger partial charge is 0.373 e. The molecule has 0 aliphatic carbocycles. The van der Waals surface area contributed by atoms with E-state index in [1.807, 2.05) is 39.1 Å². The fourth-order valence-electron chi connectivity index (χ4n) is 2.37. The van der Waals surface area contributed by atoms with Crippen molar-refractivity contribution >= 4 is 5.82 Å². The van der Waals surface area contributed by atoms with Gasteiger partial charge >= 0.3 is 0 Å². The van der Waals surface area contributed by atoms with Crippen LogP contribution in [0.2, 0.25) is 0 Å². The van der Waals surface area contributed by atoms with Gasteiger partial charge in [0.05, 0.1) is 5.69 Å². The van der Waals surface area contributed by atoms with Crippen LogP contribution in [0, 0.1) is 6.92 Å². The first kappa shape index (κ1) is 15.4. The monoisotopic (exact) mass is 285 g/mol. The van der Waals surface area contributed by atoms with Crippen LogP contribution in [0.4, 0.5) is 5.82 Å². The summed E-state index contributed by atoms with van der Waals surface area (Å²) in [5.74, 6) is 1.60. The van der Waals surface area contributed by atoms with Gasteiger partial charge in [0.25, 0.3) is 0 Å². The highest BCUT2D eigenvalue weighted by molar-refractivity contribution is 5.68. The van der Waals surface area contributed by atoms with Gasteiger partial charge in [-0.05, 0) is 20.3 Å². The van der Waals surface area contributed by atoms with Gasteiger partial charge < -0.3 is 10.1 Å². The molecule has 0 fully saturated rings. The minimum atomic E-state index is -0.0647. The lowest BCUT2D eigenvalue weighted by atomic mass is 10.1. The van der Waals surface area contributed by atoms with Crippen molar-refractivity contribution in [3.8, 4) is 11.3 Å². The molecule has 1 aromatic heterocycles. The highest BCUT2D eigenvalue weighted by Gasteiger charge is 2.18. The number of benzene rings is 1. The highest BCUT2D eigenvalue weighted by atomic mass is 16.5. The minimum absolute atomic E-state index is 0.0647. The third kappa shape index (κ3) is 3.39. The van der Waals surface area contributed by atoms with Crippen molar-refractivity contribution in [2.75, 3.05) is 19.0 Å². The summed E-state index contributed by atoms with van der Waals surface area (Å²) in [7, 11) is 1.88.